The summed E-state index contributed by atoms with van der Waals surface area (Å²) in [6.07, 6.45) is 4.72. The maximum atomic E-state index is 12.9. The van der Waals surface area contributed by atoms with Crippen LogP contribution in [0.25, 0.3) is 0 Å². The van der Waals surface area contributed by atoms with Gasteiger partial charge in [0.2, 0.25) is 0 Å². The van der Waals surface area contributed by atoms with Crippen molar-refractivity contribution in [1.29, 1.82) is 0 Å². The molecule has 1 aliphatic heterocycles. The van der Waals surface area contributed by atoms with Gasteiger partial charge in [-0.05, 0) is 38.3 Å². The van der Waals surface area contributed by atoms with Crippen molar-refractivity contribution < 1.29 is 14.3 Å². The fourth-order valence-corrected chi connectivity index (χ4v) is 3.85. The van der Waals surface area contributed by atoms with E-state index >= 15 is 0 Å². The summed E-state index contributed by atoms with van der Waals surface area (Å²) in [6, 6.07) is 7.58. The van der Waals surface area contributed by atoms with Crippen LogP contribution in [0.2, 0.25) is 0 Å². The first-order chi connectivity index (χ1) is 13.2. The van der Waals surface area contributed by atoms with Crippen molar-refractivity contribution >= 4 is 6.03 Å². The zero-order chi connectivity index (χ0) is 18.8. The van der Waals surface area contributed by atoms with Gasteiger partial charge in [0.25, 0.3) is 0 Å². The number of carbonyl (C=O) groups excluding carboxylic acids is 1. The van der Waals surface area contributed by atoms with Crippen LogP contribution in [0.1, 0.15) is 37.1 Å². The minimum atomic E-state index is -0.175. The minimum Gasteiger partial charge on any atom is -0.486 e. The quantitative estimate of drug-likeness (QED) is 0.898. The lowest BCUT2D eigenvalue weighted by Gasteiger charge is -2.32. The summed E-state index contributed by atoms with van der Waals surface area (Å²) < 4.78 is 13.7. The van der Waals surface area contributed by atoms with Crippen molar-refractivity contribution in [3.8, 4) is 11.5 Å². The molecule has 7 nitrogen and oxygen atoms in total. The number of urea groups is 1. The Balaban J connectivity index is 1.39. The molecule has 0 bridgehead atoms. The van der Waals surface area contributed by atoms with E-state index in [2.05, 4.69) is 10.4 Å². The zero-order valence-corrected chi connectivity index (χ0v) is 15.9. The van der Waals surface area contributed by atoms with Crippen LogP contribution in [0.3, 0.4) is 0 Å². The molecule has 4 rings (SSSR count). The molecule has 0 saturated heterocycles. The molecule has 7 heteroatoms. The van der Waals surface area contributed by atoms with Gasteiger partial charge in [-0.15, -0.1) is 0 Å². The Labute approximate surface area is 159 Å². The van der Waals surface area contributed by atoms with Gasteiger partial charge in [0, 0.05) is 24.8 Å². The van der Waals surface area contributed by atoms with E-state index in [1.165, 1.54) is 5.69 Å². The number of benzene rings is 1. The average molecular weight is 370 g/mol. The molecular weight excluding hydrogens is 344 g/mol. The largest absolute Gasteiger partial charge is 0.486 e. The molecule has 0 saturated carbocycles. The standard InChI is InChI=1S/C20H26N4O3/c1-3-24(12-14-13-26-18-9-4-5-10-19(18)27-14)20(25)22-16-7-6-8-17-15(16)11-21-23(17)2/h4-5,9-11,14,16H,3,6-8,12-13H2,1-2H3,(H,22,25)/t14-,16-/m1/s1. The molecule has 1 aromatic carbocycles. The average Bonchev–Trinajstić information content (AvgIpc) is 3.08. The molecule has 2 atom stereocenters. The van der Waals surface area contributed by atoms with E-state index in [4.69, 9.17) is 9.47 Å². The number of para-hydroxylation sites is 2. The Hall–Kier alpha value is -2.70. The van der Waals surface area contributed by atoms with E-state index < -0.39 is 0 Å². The fourth-order valence-electron chi connectivity index (χ4n) is 3.85. The lowest BCUT2D eigenvalue weighted by atomic mass is 9.93. The highest BCUT2D eigenvalue weighted by molar-refractivity contribution is 5.74. The van der Waals surface area contributed by atoms with E-state index in [9.17, 15) is 4.79 Å². The molecule has 27 heavy (non-hydrogen) atoms. The van der Waals surface area contributed by atoms with Gasteiger partial charge in [-0.1, -0.05) is 12.1 Å². The van der Waals surface area contributed by atoms with Crippen LogP contribution in [0.4, 0.5) is 4.79 Å². The van der Waals surface area contributed by atoms with Crippen molar-refractivity contribution in [2.75, 3.05) is 19.7 Å². The van der Waals surface area contributed by atoms with Crippen LogP contribution in [-0.2, 0) is 13.5 Å². The molecule has 0 spiro atoms. The summed E-state index contributed by atoms with van der Waals surface area (Å²) >= 11 is 0. The number of hydrogen-bond donors (Lipinski definition) is 1. The third-order valence-corrected chi connectivity index (χ3v) is 5.33. The summed E-state index contributed by atoms with van der Waals surface area (Å²) in [5.74, 6) is 1.49. The number of aryl methyl sites for hydroxylation is 1. The second-order valence-corrected chi connectivity index (χ2v) is 7.10. The molecule has 2 amide bonds. The number of amides is 2. The fraction of sp³-hybridized carbons (Fsp3) is 0.500. The number of rotatable bonds is 4. The molecule has 0 unspecified atom stereocenters. The van der Waals surface area contributed by atoms with Crippen molar-refractivity contribution in [3.63, 3.8) is 0 Å². The van der Waals surface area contributed by atoms with Gasteiger partial charge in [0.15, 0.2) is 17.6 Å². The van der Waals surface area contributed by atoms with E-state index in [1.54, 1.807) is 4.90 Å². The predicted octanol–water partition coefficient (Wildman–Crippen LogP) is 2.67. The van der Waals surface area contributed by atoms with Gasteiger partial charge in [-0.3, -0.25) is 4.68 Å². The van der Waals surface area contributed by atoms with Gasteiger partial charge in [0.05, 0.1) is 18.8 Å². The number of nitrogens with one attached hydrogen (secondary N) is 1. The first-order valence-corrected chi connectivity index (χ1v) is 9.60. The van der Waals surface area contributed by atoms with Gasteiger partial charge in [-0.25, -0.2) is 4.79 Å². The molecule has 0 fully saturated rings. The van der Waals surface area contributed by atoms with Gasteiger partial charge < -0.3 is 19.7 Å². The maximum Gasteiger partial charge on any atom is 0.318 e. The third kappa shape index (κ3) is 3.59. The lowest BCUT2D eigenvalue weighted by molar-refractivity contribution is 0.0670. The second kappa shape index (κ2) is 7.50. The highest BCUT2D eigenvalue weighted by Gasteiger charge is 2.28. The molecule has 2 aromatic rings. The van der Waals surface area contributed by atoms with Crippen LogP contribution in [0.5, 0.6) is 11.5 Å². The molecule has 1 N–H and O–H groups in total. The monoisotopic (exact) mass is 370 g/mol. The molecule has 2 heterocycles. The number of ether oxygens (including phenoxy) is 2. The van der Waals surface area contributed by atoms with E-state index in [-0.39, 0.29) is 18.2 Å². The topological polar surface area (TPSA) is 68.6 Å². The van der Waals surface area contributed by atoms with Crippen LogP contribution in [0.15, 0.2) is 30.5 Å². The highest BCUT2D eigenvalue weighted by Crippen LogP contribution is 2.31. The Morgan fingerprint density at radius 1 is 1.37 bits per heavy atom. The summed E-state index contributed by atoms with van der Waals surface area (Å²) in [5.41, 5.74) is 2.36. The Morgan fingerprint density at radius 2 is 2.19 bits per heavy atom. The van der Waals surface area contributed by atoms with E-state index in [0.717, 1.165) is 36.3 Å². The third-order valence-electron chi connectivity index (χ3n) is 5.33. The summed E-state index contributed by atoms with van der Waals surface area (Å²) in [5, 5.41) is 7.54. The van der Waals surface area contributed by atoms with Crippen molar-refractivity contribution in [2.45, 2.75) is 38.3 Å². The van der Waals surface area contributed by atoms with E-state index in [1.807, 2.05) is 49.1 Å². The normalized spacial score (nSPS) is 20.7. The predicted molar refractivity (Wildman–Crippen MR) is 101 cm³/mol. The molecular formula is C20H26N4O3. The maximum absolute atomic E-state index is 12.9. The SMILES string of the molecule is CCN(C[C@@H]1COc2ccccc2O1)C(=O)N[C@@H]1CCCc2c1cnn2C. The van der Waals surface area contributed by atoms with Crippen LogP contribution in [-0.4, -0.2) is 46.5 Å². The van der Waals surface area contributed by atoms with Crippen molar-refractivity contribution in [3.05, 3.63) is 41.7 Å². The number of hydrogen-bond acceptors (Lipinski definition) is 4. The first-order valence-electron chi connectivity index (χ1n) is 9.60. The van der Waals surface area contributed by atoms with Crippen LogP contribution in [0, 0.1) is 0 Å². The van der Waals surface area contributed by atoms with Gasteiger partial charge >= 0.3 is 6.03 Å². The molecule has 1 aromatic heterocycles. The number of aromatic nitrogens is 2. The van der Waals surface area contributed by atoms with Crippen molar-refractivity contribution in [2.24, 2.45) is 7.05 Å². The Kier molecular flexibility index (Phi) is 4.92. The van der Waals surface area contributed by atoms with Crippen LogP contribution >= 0.6 is 0 Å². The Morgan fingerprint density at radius 3 is 3.00 bits per heavy atom. The first kappa shape index (κ1) is 17.7. The summed E-state index contributed by atoms with van der Waals surface area (Å²) in [4.78, 5) is 14.7. The smallest absolute Gasteiger partial charge is 0.318 e. The summed E-state index contributed by atoms with van der Waals surface area (Å²) in [6.45, 7) is 3.52. The summed E-state index contributed by atoms with van der Waals surface area (Å²) in [7, 11) is 1.96. The second-order valence-electron chi connectivity index (χ2n) is 7.10. The van der Waals surface area contributed by atoms with Crippen LogP contribution < -0.4 is 14.8 Å². The molecule has 1 aliphatic carbocycles. The Bertz CT molecular complexity index is 819. The number of nitrogens with zero attached hydrogens (tertiary/aromatic N) is 3. The van der Waals surface area contributed by atoms with Gasteiger partial charge in [-0.2, -0.15) is 5.10 Å². The molecule has 0 radical (unpaired) electrons. The van der Waals surface area contributed by atoms with E-state index in [0.29, 0.717) is 19.7 Å². The van der Waals surface area contributed by atoms with Crippen molar-refractivity contribution in [1.82, 2.24) is 20.0 Å². The lowest BCUT2D eigenvalue weighted by Crippen LogP contribution is -2.48. The minimum absolute atomic E-state index is 0.0215. The zero-order valence-electron chi connectivity index (χ0n) is 15.9. The highest BCUT2D eigenvalue weighted by atomic mass is 16.6. The number of likely N-dealkylation sites (N-methyl/N-ethyl adjacent to an activating group) is 1. The number of carbonyl (C=O) groups is 1. The van der Waals surface area contributed by atoms with Gasteiger partial charge in [0.1, 0.15) is 6.61 Å². The number of fused-ring (bicyclic) bond motifs is 2. The molecule has 144 valence electrons. The molecule has 2 aliphatic rings.